The first-order chi connectivity index (χ1) is 25.8. The van der Waals surface area contributed by atoms with E-state index in [1.54, 1.807) is 7.11 Å². The summed E-state index contributed by atoms with van der Waals surface area (Å²) >= 11 is 3.29. The molecule has 7 atom stereocenters. The predicted octanol–water partition coefficient (Wildman–Crippen LogP) is 7.76. The minimum Gasteiger partial charge on any atom is -0.497 e. The van der Waals surface area contributed by atoms with Gasteiger partial charge in [0.1, 0.15) is 29.8 Å². The van der Waals surface area contributed by atoms with Gasteiger partial charge in [-0.15, -0.1) is 0 Å². The van der Waals surface area contributed by atoms with Crippen LogP contribution in [-0.4, -0.2) is 52.7 Å². The van der Waals surface area contributed by atoms with E-state index in [9.17, 15) is 9.59 Å². The number of H-pyrrole nitrogens is 1. The normalized spacial score (nSPS) is 25.3. The van der Waals surface area contributed by atoms with Crippen LogP contribution in [0.2, 0.25) is 0 Å². The molecule has 10 nitrogen and oxygen atoms in total. The third-order valence-electron chi connectivity index (χ3n) is 10.4. The summed E-state index contributed by atoms with van der Waals surface area (Å²) in [6.07, 6.45) is 1.98. The number of halogens is 1. The van der Waals surface area contributed by atoms with Gasteiger partial charge in [-0.25, -0.2) is 9.46 Å². The third kappa shape index (κ3) is 7.08. The maximum absolute atomic E-state index is 13.1. The minimum absolute atomic E-state index is 0.0993. The largest absolute Gasteiger partial charge is 0.497 e. The van der Waals surface area contributed by atoms with Crippen molar-refractivity contribution in [2.24, 2.45) is 0 Å². The lowest BCUT2D eigenvalue weighted by Gasteiger charge is -2.37. The monoisotopic (exact) mass is 797 g/mol. The Morgan fingerprint density at radius 1 is 0.906 bits per heavy atom. The number of aryl methyl sites for hydroxylation is 1. The van der Waals surface area contributed by atoms with E-state index >= 15 is 0 Å². The molecule has 5 aromatic rings. The molecule has 0 aliphatic carbocycles. The first kappa shape index (κ1) is 36.1. The van der Waals surface area contributed by atoms with Gasteiger partial charge in [0.25, 0.3) is 14.1 Å². The number of aromatic amines is 1. The summed E-state index contributed by atoms with van der Waals surface area (Å²) in [5, 5.41) is 0. The zero-order chi connectivity index (χ0) is 36.5. The highest BCUT2D eigenvalue weighted by atomic mass is 79.9. The van der Waals surface area contributed by atoms with Gasteiger partial charge >= 0.3 is 5.69 Å². The minimum atomic E-state index is -1.44. The third-order valence-corrected chi connectivity index (χ3v) is 12.7. The molecule has 3 saturated heterocycles. The molecule has 3 fully saturated rings. The van der Waals surface area contributed by atoms with Crippen LogP contribution in [0.25, 0.3) is 0 Å². The van der Waals surface area contributed by atoms with E-state index in [0.717, 1.165) is 53.0 Å². The Balaban J connectivity index is 1.16. The van der Waals surface area contributed by atoms with Crippen LogP contribution in [0.4, 0.5) is 0 Å². The van der Waals surface area contributed by atoms with E-state index in [1.807, 2.05) is 60.7 Å². The van der Waals surface area contributed by atoms with Gasteiger partial charge in [-0.1, -0.05) is 103 Å². The summed E-state index contributed by atoms with van der Waals surface area (Å²) in [5.74, 6) is 0.737. The molecule has 53 heavy (non-hydrogen) atoms. The van der Waals surface area contributed by atoms with Crippen molar-refractivity contribution in [2.75, 3.05) is 20.3 Å². The molecular formula is C41H41BrN3O7P. The first-order valence-corrected chi connectivity index (χ1v) is 19.8. The molecule has 5 unspecified atom stereocenters. The predicted molar refractivity (Wildman–Crippen MR) is 206 cm³/mol. The van der Waals surface area contributed by atoms with E-state index in [2.05, 4.69) is 81.0 Å². The number of fused-ring (bicyclic) bond motifs is 1. The van der Waals surface area contributed by atoms with Gasteiger partial charge in [-0.05, 0) is 70.1 Å². The van der Waals surface area contributed by atoms with Gasteiger partial charge in [0, 0.05) is 25.2 Å². The van der Waals surface area contributed by atoms with Crippen LogP contribution in [0.1, 0.15) is 59.4 Å². The number of rotatable bonds is 11. The molecule has 1 aromatic heterocycles. The SMILES string of the molecule is COc1ccc(C(OCC2OC(n3cc(Br)c(=O)[nH]c3=O)CC2OP2O[C@H](c3ccccc3)[C@@H]3CCCN32)(c2ccccc2)c2ccc(C)cc2)cc1. The van der Waals surface area contributed by atoms with Crippen molar-refractivity contribution in [1.82, 2.24) is 14.2 Å². The number of hydrogen-bond donors (Lipinski definition) is 1. The van der Waals surface area contributed by atoms with Crippen molar-refractivity contribution in [2.45, 2.75) is 62.4 Å². The Morgan fingerprint density at radius 3 is 2.26 bits per heavy atom. The lowest BCUT2D eigenvalue weighted by molar-refractivity contribution is -0.0920. The van der Waals surface area contributed by atoms with Crippen LogP contribution >= 0.6 is 24.5 Å². The lowest BCUT2D eigenvalue weighted by atomic mass is 9.79. The number of nitrogens with one attached hydrogen (secondary N) is 1. The maximum atomic E-state index is 13.1. The maximum Gasteiger partial charge on any atom is 0.330 e. The van der Waals surface area contributed by atoms with Crippen molar-refractivity contribution in [3.05, 3.63) is 169 Å². The molecule has 8 rings (SSSR count). The van der Waals surface area contributed by atoms with Gasteiger partial charge < -0.3 is 23.3 Å². The zero-order valence-corrected chi connectivity index (χ0v) is 31.9. The quantitative estimate of drug-likeness (QED) is 0.107. The summed E-state index contributed by atoms with van der Waals surface area (Å²) in [7, 11) is 0.208. The summed E-state index contributed by atoms with van der Waals surface area (Å²) in [5.41, 5.74) is 2.95. The summed E-state index contributed by atoms with van der Waals surface area (Å²) < 4.78 is 37.2. The highest BCUT2D eigenvalue weighted by Crippen LogP contribution is 2.61. The van der Waals surface area contributed by atoms with Crippen LogP contribution in [-0.2, 0) is 24.1 Å². The summed E-state index contributed by atoms with van der Waals surface area (Å²) in [6.45, 7) is 3.06. The van der Waals surface area contributed by atoms with E-state index in [4.69, 9.17) is 23.3 Å². The van der Waals surface area contributed by atoms with Crippen LogP contribution in [0.3, 0.4) is 0 Å². The highest BCUT2D eigenvalue weighted by Gasteiger charge is 2.51. The second-order valence-electron chi connectivity index (χ2n) is 13.7. The molecule has 0 amide bonds. The van der Waals surface area contributed by atoms with E-state index in [1.165, 1.54) is 10.8 Å². The topological polar surface area (TPSA) is 104 Å². The van der Waals surface area contributed by atoms with Crippen molar-refractivity contribution in [3.8, 4) is 5.75 Å². The molecule has 0 saturated carbocycles. The molecule has 4 heterocycles. The fraction of sp³-hybridized carbons (Fsp3) is 0.317. The van der Waals surface area contributed by atoms with Crippen LogP contribution in [0.15, 0.2) is 129 Å². The lowest BCUT2D eigenvalue weighted by Crippen LogP contribution is -2.38. The number of benzene rings is 4. The Labute approximate surface area is 317 Å². The summed E-state index contributed by atoms with van der Waals surface area (Å²) in [4.78, 5) is 27.8. The number of methoxy groups -OCH3 is 1. The molecule has 0 bridgehead atoms. The molecule has 274 valence electrons. The number of aromatic nitrogens is 2. The number of hydrogen-bond acceptors (Lipinski definition) is 8. The Bertz CT molecular complexity index is 2130. The number of nitrogens with zero attached hydrogens (tertiary/aromatic N) is 2. The molecule has 4 aromatic carbocycles. The Hall–Kier alpha value is -3.93. The average molecular weight is 799 g/mol. The second kappa shape index (κ2) is 15.4. The van der Waals surface area contributed by atoms with E-state index < -0.39 is 43.8 Å². The molecule has 1 N–H and O–H groups in total. The van der Waals surface area contributed by atoms with Crippen molar-refractivity contribution < 1.29 is 23.3 Å². The average Bonchev–Trinajstić information content (AvgIpc) is 3.92. The van der Waals surface area contributed by atoms with Crippen molar-refractivity contribution in [1.29, 1.82) is 0 Å². The molecule has 0 radical (unpaired) electrons. The molecule has 0 spiro atoms. The van der Waals surface area contributed by atoms with Crippen molar-refractivity contribution >= 4 is 24.5 Å². The summed E-state index contributed by atoms with van der Waals surface area (Å²) in [6, 6.07) is 37.0. The van der Waals surface area contributed by atoms with E-state index in [-0.39, 0.29) is 23.2 Å². The van der Waals surface area contributed by atoms with Gasteiger partial charge in [0.15, 0.2) is 0 Å². The van der Waals surface area contributed by atoms with E-state index in [0.29, 0.717) is 6.42 Å². The fourth-order valence-corrected chi connectivity index (χ4v) is 10.00. The van der Waals surface area contributed by atoms with Gasteiger partial charge in [0.2, 0.25) is 0 Å². The highest BCUT2D eigenvalue weighted by molar-refractivity contribution is 9.10. The molecule has 12 heteroatoms. The molecule has 3 aliphatic rings. The standard InChI is InChI=1S/C41H41BrN3O7P/c1-27-15-17-30(18-16-27)41(29-12-7-4-8-13-29,31-19-21-32(48-2)22-20-31)49-26-36-35(24-37(50-36)44-25-33(42)39(46)43-40(44)47)51-53-45-23-9-14-34(45)38(52-53)28-10-5-3-6-11-28/h3-8,10-13,15-22,25,34-38H,9,14,23-24,26H2,1-2H3,(H,43,46,47)/t34-,35?,36?,37?,38+,41?,53?/m0/s1. The van der Waals surface area contributed by atoms with Gasteiger partial charge in [-0.2, -0.15) is 0 Å². The Morgan fingerprint density at radius 2 is 1.57 bits per heavy atom. The van der Waals surface area contributed by atoms with Crippen LogP contribution < -0.4 is 16.0 Å². The zero-order valence-electron chi connectivity index (χ0n) is 29.5. The van der Waals surface area contributed by atoms with Gasteiger partial charge in [-0.3, -0.25) is 14.3 Å². The second-order valence-corrected chi connectivity index (χ2v) is 15.9. The number of ether oxygens (including phenoxy) is 3. The first-order valence-electron chi connectivity index (χ1n) is 17.9. The molecule has 3 aliphatic heterocycles. The van der Waals surface area contributed by atoms with Crippen LogP contribution in [0, 0.1) is 6.92 Å². The fourth-order valence-electron chi connectivity index (χ4n) is 7.69. The van der Waals surface area contributed by atoms with Crippen LogP contribution in [0.5, 0.6) is 5.75 Å². The van der Waals surface area contributed by atoms with Crippen molar-refractivity contribution in [3.63, 3.8) is 0 Å². The molecular weight excluding hydrogens is 757 g/mol. The Kier molecular flexibility index (Phi) is 10.5. The van der Waals surface area contributed by atoms with Gasteiger partial charge in [0.05, 0.1) is 24.3 Å². The smallest absolute Gasteiger partial charge is 0.330 e.